The molecule has 1 atom stereocenters. The number of carboxylic acids is 1. The van der Waals surface area contributed by atoms with Crippen LogP contribution in [0.25, 0.3) is 0 Å². The molecule has 1 unspecified atom stereocenters. The molecule has 0 aliphatic heterocycles. The molecule has 8 nitrogen and oxygen atoms in total. The Labute approximate surface area is 126 Å². The Morgan fingerprint density at radius 1 is 1.43 bits per heavy atom. The number of carbonyl (C=O) groups excluding carboxylic acids is 1. The largest absolute Gasteiger partial charge is 0.480 e. The van der Waals surface area contributed by atoms with Crippen LogP contribution in [0, 0.1) is 0 Å². The number of rotatable bonds is 8. The highest BCUT2D eigenvalue weighted by Gasteiger charge is 2.24. The first-order valence-corrected chi connectivity index (χ1v) is 9.10. The normalized spacial score (nSPS) is 12.9. The van der Waals surface area contributed by atoms with Gasteiger partial charge in [0.05, 0.1) is 11.4 Å². The molecule has 0 fully saturated rings. The number of aromatic nitrogens is 2. The molecule has 0 saturated heterocycles. The molecule has 0 radical (unpaired) electrons. The van der Waals surface area contributed by atoms with Gasteiger partial charge in [-0.1, -0.05) is 17.8 Å². The van der Waals surface area contributed by atoms with Gasteiger partial charge in [-0.3, -0.25) is 4.79 Å². The Bertz CT molecular complexity index is 611. The summed E-state index contributed by atoms with van der Waals surface area (Å²) in [4.78, 5) is 23.4. The van der Waals surface area contributed by atoms with Gasteiger partial charge in [0.2, 0.25) is 0 Å². The third kappa shape index (κ3) is 5.76. The van der Waals surface area contributed by atoms with Crippen LogP contribution in [0.15, 0.2) is 0 Å². The maximum Gasteiger partial charge on any atom is 0.326 e. The molecule has 2 N–H and O–H groups in total. The van der Waals surface area contributed by atoms with Gasteiger partial charge in [0.25, 0.3) is 5.91 Å². The molecule has 0 aliphatic rings. The molecule has 1 aromatic rings. The summed E-state index contributed by atoms with van der Waals surface area (Å²) in [5.74, 6) is -2.18. The monoisotopic (exact) mass is 335 g/mol. The number of sulfone groups is 1. The van der Waals surface area contributed by atoms with Gasteiger partial charge in [-0.25, -0.2) is 13.2 Å². The molecule has 0 bridgehead atoms. The minimum atomic E-state index is -3.30. The summed E-state index contributed by atoms with van der Waals surface area (Å²) in [6, 6.07) is -1.26. The van der Waals surface area contributed by atoms with Crippen molar-refractivity contribution in [2.24, 2.45) is 0 Å². The summed E-state index contributed by atoms with van der Waals surface area (Å²) in [6.45, 7) is 1.92. The first kappa shape index (κ1) is 17.5. The zero-order valence-corrected chi connectivity index (χ0v) is 13.3. The minimum Gasteiger partial charge on any atom is -0.480 e. The summed E-state index contributed by atoms with van der Waals surface area (Å²) < 4.78 is 25.9. The van der Waals surface area contributed by atoms with E-state index < -0.39 is 27.8 Å². The van der Waals surface area contributed by atoms with E-state index in [1.807, 2.05) is 6.92 Å². The zero-order chi connectivity index (χ0) is 16.0. The lowest BCUT2D eigenvalue weighted by molar-refractivity contribution is -0.139. The molecule has 1 rings (SSSR count). The molecule has 0 spiro atoms. The van der Waals surface area contributed by atoms with Crippen molar-refractivity contribution in [3.05, 3.63) is 10.6 Å². The second-order valence-electron chi connectivity index (χ2n) is 4.58. The SMILES string of the molecule is CCCc1nnsc1C(=O)NC(CCS(C)(=O)=O)C(=O)O. The van der Waals surface area contributed by atoms with Gasteiger partial charge in [-0.15, -0.1) is 5.10 Å². The lowest BCUT2D eigenvalue weighted by atomic mass is 10.2. The fourth-order valence-corrected chi connectivity index (χ4v) is 2.87. The smallest absolute Gasteiger partial charge is 0.326 e. The fourth-order valence-electron chi connectivity index (χ4n) is 1.59. The van der Waals surface area contributed by atoms with Gasteiger partial charge in [0.1, 0.15) is 20.8 Å². The highest BCUT2D eigenvalue weighted by atomic mass is 32.2. The number of nitrogens with one attached hydrogen (secondary N) is 1. The summed E-state index contributed by atoms with van der Waals surface area (Å²) >= 11 is 0.891. The van der Waals surface area contributed by atoms with E-state index in [2.05, 4.69) is 14.9 Å². The third-order valence-corrected chi connectivity index (χ3v) is 4.37. The van der Waals surface area contributed by atoms with Crippen molar-refractivity contribution in [2.75, 3.05) is 12.0 Å². The van der Waals surface area contributed by atoms with Crippen LogP contribution in [0.3, 0.4) is 0 Å². The fraction of sp³-hybridized carbons (Fsp3) is 0.636. The molecule has 0 aromatic carbocycles. The van der Waals surface area contributed by atoms with Gasteiger partial charge in [0, 0.05) is 6.26 Å². The van der Waals surface area contributed by atoms with Gasteiger partial charge in [-0.2, -0.15) is 0 Å². The van der Waals surface area contributed by atoms with Crippen molar-refractivity contribution in [3.8, 4) is 0 Å². The van der Waals surface area contributed by atoms with Crippen LogP contribution in [0.1, 0.15) is 35.1 Å². The Kier molecular flexibility index (Phi) is 6.21. The van der Waals surface area contributed by atoms with Crippen molar-refractivity contribution in [1.82, 2.24) is 14.9 Å². The molecule has 0 aliphatic carbocycles. The van der Waals surface area contributed by atoms with Gasteiger partial charge < -0.3 is 10.4 Å². The lowest BCUT2D eigenvalue weighted by Crippen LogP contribution is -2.41. The van der Waals surface area contributed by atoms with Crippen LogP contribution >= 0.6 is 11.5 Å². The first-order chi connectivity index (χ1) is 9.74. The Hall–Kier alpha value is -1.55. The van der Waals surface area contributed by atoms with Crippen molar-refractivity contribution >= 4 is 33.2 Å². The summed E-state index contributed by atoms with van der Waals surface area (Å²) in [5, 5.41) is 15.2. The predicted molar refractivity (Wildman–Crippen MR) is 77.1 cm³/mol. The molecular formula is C11H17N3O5S2. The van der Waals surface area contributed by atoms with Gasteiger partial charge >= 0.3 is 5.97 Å². The van der Waals surface area contributed by atoms with Gasteiger partial charge in [0.15, 0.2) is 0 Å². The van der Waals surface area contributed by atoms with Crippen LogP contribution in [-0.2, 0) is 21.1 Å². The molecule has 1 amide bonds. The van der Waals surface area contributed by atoms with E-state index in [0.29, 0.717) is 12.1 Å². The molecule has 21 heavy (non-hydrogen) atoms. The van der Waals surface area contributed by atoms with Crippen molar-refractivity contribution in [2.45, 2.75) is 32.2 Å². The van der Waals surface area contributed by atoms with E-state index in [4.69, 9.17) is 5.11 Å². The molecule has 0 saturated carbocycles. The lowest BCUT2D eigenvalue weighted by Gasteiger charge is -2.13. The summed E-state index contributed by atoms with van der Waals surface area (Å²) in [7, 11) is -3.30. The van der Waals surface area contributed by atoms with E-state index in [9.17, 15) is 18.0 Å². The van der Waals surface area contributed by atoms with Crippen molar-refractivity contribution in [1.29, 1.82) is 0 Å². The Morgan fingerprint density at radius 2 is 2.10 bits per heavy atom. The van der Waals surface area contributed by atoms with Crippen LogP contribution in [-0.4, -0.2) is 53.0 Å². The Morgan fingerprint density at radius 3 is 2.62 bits per heavy atom. The highest BCUT2D eigenvalue weighted by molar-refractivity contribution is 7.90. The number of hydrogen-bond acceptors (Lipinski definition) is 7. The van der Waals surface area contributed by atoms with E-state index in [1.54, 1.807) is 0 Å². The maximum atomic E-state index is 12.0. The minimum absolute atomic E-state index is 0.185. The van der Waals surface area contributed by atoms with Crippen LogP contribution in [0.5, 0.6) is 0 Å². The summed E-state index contributed by atoms with van der Waals surface area (Å²) in [5.41, 5.74) is 0.521. The molecule has 10 heteroatoms. The number of aryl methyl sites for hydroxylation is 1. The second kappa shape index (κ2) is 7.46. The number of hydrogen-bond donors (Lipinski definition) is 2. The molecular weight excluding hydrogens is 318 g/mol. The van der Waals surface area contributed by atoms with E-state index in [-0.39, 0.29) is 17.1 Å². The van der Waals surface area contributed by atoms with Crippen LogP contribution < -0.4 is 5.32 Å². The standard InChI is InChI=1S/C11H17N3O5S2/c1-3-4-7-9(20-14-13-7)10(15)12-8(11(16)17)5-6-21(2,18)19/h8H,3-6H2,1-2H3,(H,12,15)(H,16,17). The van der Waals surface area contributed by atoms with Crippen LogP contribution in [0.4, 0.5) is 0 Å². The maximum absolute atomic E-state index is 12.0. The predicted octanol–water partition coefficient (Wildman–Crippen LogP) is 0.108. The number of carbonyl (C=O) groups is 2. The molecule has 1 aromatic heterocycles. The quantitative estimate of drug-likeness (QED) is 0.690. The average molecular weight is 335 g/mol. The van der Waals surface area contributed by atoms with Gasteiger partial charge in [-0.05, 0) is 24.4 Å². The summed E-state index contributed by atoms with van der Waals surface area (Å²) in [6.07, 6.45) is 2.18. The third-order valence-electron chi connectivity index (χ3n) is 2.63. The van der Waals surface area contributed by atoms with E-state index in [0.717, 1.165) is 24.2 Å². The first-order valence-electron chi connectivity index (χ1n) is 6.27. The number of carboxylic acid groups (broad SMARTS) is 1. The number of aliphatic carboxylic acids is 1. The van der Waals surface area contributed by atoms with Crippen LogP contribution in [0.2, 0.25) is 0 Å². The highest BCUT2D eigenvalue weighted by Crippen LogP contribution is 2.13. The zero-order valence-electron chi connectivity index (χ0n) is 11.7. The molecule has 118 valence electrons. The van der Waals surface area contributed by atoms with Crippen molar-refractivity contribution in [3.63, 3.8) is 0 Å². The molecule has 1 heterocycles. The number of amides is 1. The van der Waals surface area contributed by atoms with E-state index >= 15 is 0 Å². The second-order valence-corrected chi connectivity index (χ2v) is 7.60. The van der Waals surface area contributed by atoms with Crippen molar-refractivity contribution < 1.29 is 23.1 Å². The average Bonchev–Trinajstić information content (AvgIpc) is 2.81. The Balaban J connectivity index is 2.76. The topological polar surface area (TPSA) is 126 Å². The van der Waals surface area contributed by atoms with E-state index in [1.165, 1.54) is 0 Å². The number of nitrogens with zero attached hydrogens (tertiary/aromatic N) is 2.